The van der Waals surface area contributed by atoms with Crippen molar-refractivity contribution in [2.75, 3.05) is 6.54 Å². The number of hydrogen-bond donors (Lipinski definition) is 0. The molecule has 5 heteroatoms. The first kappa shape index (κ1) is 8.00. The van der Waals surface area contributed by atoms with Crippen LogP contribution in [0.5, 0.6) is 0 Å². The fourth-order valence-corrected chi connectivity index (χ4v) is 0.775. The smallest absolute Gasteiger partial charge is 0.329 e. The second-order valence-corrected chi connectivity index (χ2v) is 2.25. The third-order valence-corrected chi connectivity index (χ3v) is 1.28. The van der Waals surface area contributed by atoms with Crippen LogP contribution in [-0.4, -0.2) is 22.8 Å². The highest BCUT2D eigenvalue weighted by molar-refractivity contribution is 7.80. The van der Waals surface area contributed by atoms with E-state index in [2.05, 4.69) is 4.84 Å². The number of hydrogen-bond acceptors (Lipinski definition) is 4. The zero-order chi connectivity index (χ0) is 8.27. The summed E-state index contributed by atoms with van der Waals surface area (Å²) in [6, 6.07) is 0. The van der Waals surface area contributed by atoms with Crippen molar-refractivity contribution in [3.05, 3.63) is 12.3 Å². The van der Waals surface area contributed by atoms with Gasteiger partial charge in [-0.2, -0.15) is 5.06 Å². The third-order valence-electron chi connectivity index (χ3n) is 0.979. The number of thiocarbonyl (C=S) groups is 1. The maximum Gasteiger partial charge on any atom is 0.329 e. The molecular weight excluding hydrogens is 166 g/mol. The molecule has 0 fully saturated rings. The SMILES string of the molecule is CC(=O)ON1CC=COC1=S. The summed E-state index contributed by atoms with van der Waals surface area (Å²) < 4.78 is 4.79. The van der Waals surface area contributed by atoms with E-state index in [1.165, 1.54) is 18.2 Å². The highest BCUT2D eigenvalue weighted by atomic mass is 32.1. The van der Waals surface area contributed by atoms with Gasteiger partial charge in [-0.15, -0.1) is 0 Å². The first-order valence-corrected chi connectivity index (χ1v) is 3.42. The molecule has 1 rings (SSSR count). The van der Waals surface area contributed by atoms with Gasteiger partial charge in [-0.1, -0.05) is 0 Å². The molecule has 0 aromatic rings. The molecule has 0 unspecified atom stereocenters. The van der Waals surface area contributed by atoms with E-state index in [-0.39, 0.29) is 5.17 Å². The van der Waals surface area contributed by atoms with Crippen molar-refractivity contribution in [2.45, 2.75) is 6.92 Å². The number of carbonyl (C=O) groups is 1. The summed E-state index contributed by atoms with van der Waals surface area (Å²) in [5.74, 6) is -0.411. The Morgan fingerprint density at radius 2 is 2.64 bits per heavy atom. The zero-order valence-electron chi connectivity index (χ0n) is 5.94. The van der Waals surface area contributed by atoms with E-state index in [1.807, 2.05) is 0 Å². The molecule has 11 heavy (non-hydrogen) atoms. The predicted molar refractivity (Wildman–Crippen MR) is 41.3 cm³/mol. The fraction of sp³-hybridized carbons (Fsp3) is 0.333. The van der Waals surface area contributed by atoms with E-state index in [9.17, 15) is 4.79 Å². The number of ether oxygens (including phenoxy) is 1. The molecule has 0 aliphatic carbocycles. The van der Waals surface area contributed by atoms with E-state index in [1.54, 1.807) is 6.08 Å². The maximum atomic E-state index is 10.5. The van der Waals surface area contributed by atoms with Gasteiger partial charge in [0.25, 0.3) is 5.17 Å². The Balaban J connectivity index is 2.51. The quantitative estimate of drug-likeness (QED) is 0.543. The Hall–Kier alpha value is -1.10. The van der Waals surface area contributed by atoms with Crippen molar-refractivity contribution in [1.82, 2.24) is 5.06 Å². The number of rotatable bonds is 1. The molecule has 0 atom stereocenters. The lowest BCUT2D eigenvalue weighted by Crippen LogP contribution is -2.34. The highest BCUT2D eigenvalue weighted by Gasteiger charge is 2.14. The van der Waals surface area contributed by atoms with E-state index >= 15 is 0 Å². The topological polar surface area (TPSA) is 38.8 Å². The van der Waals surface area contributed by atoms with Crippen molar-refractivity contribution in [1.29, 1.82) is 0 Å². The molecule has 0 saturated carbocycles. The van der Waals surface area contributed by atoms with Crippen LogP contribution in [0.15, 0.2) is 12.3 Å². The maximum absolute atomic E-state index is 10.5. The predicted octanol–water partition coefficient (Wildman–Crippen LogP) is 0.595. The van der Waals surface area contributed by atoms with Crippen LogP contribution < -0.4 is 0 Å². The highest BCUT2D eigenvalue weighted by Crippen LogP contribution is 2.02. The molecule has 4 nitrogen and oxygen atoms in total. The fourth-order valence-electron chi connectivity index (χ4n) is 0.608. The summed E-state index contributed by atoms with van der Waals surface area (Å²) in [5, 5.41) is 1.36. The Bertz CT molecular complexity index is 214. The second kappa shape index (κ2) is 3.34. The average molecular weight is 173 g/mol. The van der Waals surface area contributed by atoms with Crippen molar-refractivity contribution in [3.8, 4) is 0 Å². The lowest BCUT2D eigenvalue weighted by Gasteiger charge is -2.22. The van der Waals surface area contributed by atoms with Crippen molar-refractivity contribution < 1.29 is 14.4 Å². The lowest BCUT2D eigenvalue weighted by molar-refractivity contribution is -0.171. The first-order chi connectivity index (χ1) is 5.20. The van der Waals surface area contributed by atoms with Crippen LogP contribution in [0.1, 0.15) is 6.92 Å². The normalized spacial score (nSPS) is 16.1. The van der Waals surface area contributed by atoms with Crippen molar-refractivity contribution >= 4 is 23.4 Å². The van der Waals surface area contributed by atoms with Crippen molar-refractivity contribution in [2.24, 2.45) is 0 Å². The Morgan fingerprint density at radius 1 is 1.91 bits per heavy atom. The molecule has 0 aromatic heterocycles. The van der Waals surface area contributed by atoms with Crippen molar-refractivity contribution in [3.63, 3.8) is 0 Å². The van der Waals surface area contributed by atoms with Crippen LogP contribution >= 0.6 is 12.2 Å². The van der Waals surface area contributed by atoms with Gasteiger partial charge < -0.3 is 9.57 Å². The van der Waals surface area contributed by atoms with E-state index in [0.717, 1.165) is 0 Å². The van der Waals surface area contributed by atoms with Gasteiger partial charge >= 0.3 is 5.97 Å². The molecule has 1 aliphatic rings. The van der Waals surface area contributed by atoms with Crippen LogP contribution in [0.25, 0.3) is 0 Å². The molecule has 1 aliphatic heterocycles. The summed E-state index contributed by atoms with van der Waals surface area (Å²) in [6.07, 6.45) is 3.15. The number of carbonyl (C=O) groups excluding carboxylic acids is 1. The molecule has 0 aromatic carbocycles. The lowest BCUT2D eigenvalue weighted by atomic mass is 10.6. The van der Waals surface area contributed by atoms with Crippen LogP contribution in [-0.2, 0) is 14.4 Å². The summed E-state index contributed by atoms with van der Waals surface area (Å²) >= 11 is 4.72. The van der Waals surface area contributed by atoms with Crippen LogP contribution in [0.2, 0.25) is 0 Å². The minimum atomic E-state index is -0.411. The van der Waals surface area contributed by atoms with Gasteiger partial charge in [-0.05, 0) is 18.3 Å². The van der Waals surface area contributed by atoms with Crippen LogP contribution in [0.4, 0.5) is 0 Å². The third kappa shape index (κ3) is 2.19. The van der Waals surface area contributed by atoms with Crippen LogP contribution in [0.3, 0.4) is 0 Å². The first-order valence-electron chi connectivity index (χ1n) is 3.02. The minimum Gasteiger partial charge on any atom is -0.438 e. The average Bonchev–Trinajstić information content (AvgIpc) is 1.93. The van der Waals surface area contributed by atoms with E-state index < -0.39 is 5.97 Å². The molecule has 60 valence electrons. The monoisotopic (exact) mass is 173 g/mol. The van der Waals surface area contributed by atoms with E-state index in [0.29, 0.717) is 6.54 Å². The molecule has 0 radical (unpaired) electrons. The Labute approximate surface area is 69.3 Å². The second-order valence-electron chi connectivity index (χ2n) is 1.90. The Morgan fingerprint density at radius 3 is 3.18 bits per heavy atom. The summed E-state index contributed by atoms with van der Waals surface area (Å²) in [7, 11) is 0. The van der Waals surface area contributed by atoms with Gasteiger partial charge in [0.2, 0.25) is 0 Å². The van der Waals surface area contributed by atoms with Gasteiger partial charge in [-0.25, -0.2) is 0 Å². The summed E-state index contributed by atoms with van der Waals surface area (Å²) in [5.41, 5.74) is 0. The van der Waals surface area contributed by atoms with Gasteiger partial charge in [0, 0.05) is 6.92 Å². The number of nitrogens with zero attached hydrogens (tertiary/aromatic N) is 1. The van der Waals surface area contributed by atoms with Gasteiger partial charge in [-0.3, -0.25) is 4.79 Å². The molecule has 0 saturated heterocycles. The van der Waals surface area contributed by atoms with Gasteiger partial charge in [0.15, 0.2) is 0 Å². The van der Waals surface area contributed by atoms with Gasteiger partial charge in [0.05, 0.1) is 12.8 Å². The zero-order valence-corrected chi connectivity index (χ0v) is 6.76. The van der Waals surface area contributed by atoms with Crippen LogP contribution in [0, 0.1) is 0 Å². The molecule has 0 bridgehead atoms. The molecule has 1 heterocycles. The minimum absolute atomic E-state index is 0.155. The molecular formula is C6H7NO3S. The largest absolute Gasteiger partial charge is 0.438 e. The molecule has 0 amide bonds. The van der Waals surface area contributed by atoms with E-state index in [4.69, 9.17) is 17.0 Å². The summed E-state index contributed by atoms with van der Waals surface area (Å²) in [4.78, 5) is 15.1. The van der Waals surface area contributed by atoms with Gasteiger partial charge in [0.1, 0.15) is 0 Å². The summed E-state index contributed by atoms with van der Waals surface area (Å²) in [6.45, 7) is 1.75. The number of hydroxylamine groups is 2. The Kier molecular flexibility index (Phi) is 2.43. The standard InChI is InChI=1S/C6H7NO3S/c1-5(8)10-7-3-2-4-9-6(7)11/h2,4H,3H2,1H3. The molecule has 0 N–H and O–H groups in total. The molecule has 0 spiro atoms.